The molecular formula is C21H28N2O3. The van der Waals surface area contributed by atoms with E-state index in [9.17, 15) is 4.79 Å². The first-order valence-electron chi connectivity index (χ1n) is 10.0. The molecule has 3 fully saturated rings. The molecule has 3 aliphatic heterocycles. The highest BCUT2D eigenvalue weighted by Gasteiger charge is 2.48. The van der Waals surface area contributed by atoms with Crippen molar-refractivity contribution in [2.24, 2.45) is 11.3 Å². The predicted octanol–water partition coefficient (Wildman–Crippen LogP) is 2.95. The molecule has 1 aromatic rings. The van der Waals surface area contributed by atoms with Crippen molar-refractivity contribution in [2.45, 2.75) is 45.6 Å². The number of hydrogen-bond acceptors (Lipinski definition) is 4. The maximum atomic E-state index is 13.2. The first kappa shape index (κ1) is 16.4. The van der Waals surface area contributed by atoms with Crippen molar-refractivity contribution in [1.82, 2.24) is 9.80 Å². The largest absolute Gasteiger partial charge is 0.454 e. The average molecular weight is 356 g/mol. The van der Waals surface area contributed by atoms with E-state index >= 15 is 0 Å². The van der Waals surface area contributed by atoms with Crippen molar-refractivity contribution >= 4 is 5.91 Å². The van der Waals surface area contributed by atoms with Crippen LogP contribution in [0.2, 0.25) is 0 Å². The molecule has 5 nitrogen and oxygen atoms in total. The minimum absolute atomic E-state index is 0.128. The van der Waals surface area contributed by atoms with Crippen LogP contribution in [0.1, 0.15) is 43.2 Å². The number of rotatable bonds is 4. The molecule has 1 atom stereocenters. The van der Waals surface area contributed by atoms with Crippen molar-refractivity contribution < 1.29 is 14.3 Å². The van der Waals surface area contributed by atoms with Crippen LogP contribution in [0.25, 0.3) is 0 Å². The third kappa shape index (κ3) is 2.86. The minimum atomic E-state index is -0.128. The van der Waals surface area contributed by atoms with E-state index in [-0.39, 0.29) is 5.41 Å². The van der Waals surface area contributed by atoms with Gasteiger partial charge in [-0.2, -0.15) is 0 Å². The van der Waals surface area contributed by atoms with Crippen LogP contribution in [0.5, 0.6) is 11.5 Å². The van der Waals surface area contributed by atoms with E-state index in [0.717, 1.165) is 69.4 Å². The molecule has 2 saturated heterocycles. The molecule has 26 heavy (non-hydrogen) atoms. The molecule has 0 N–H and O–H groups in total. The van der Waals surface area contributed by atoms with Gasteiger partial charge in [0.05, 0.1) is 5.41 Å². The zero-order valence-electron chi connectivity index (χ0n) is 15.6. The number of carbonyl (C=O) groups excluding carboxylic acids is 1. The van der Waals surface area contributed by atoms with Crippen molar-refractivity contribution in [1.29, 1.82) is 0 Å². The first-order valence-corrected chi connectivity index (χ1v) is 10.0. The summed E-state index contributed by atoms with van der Waals surface area (Å²) < 4.78 is 11.0. The highest BCUT2D eigenvalue weighted by Crippen LogP contribution is 2.42. The zero-order valence-corrected chi connectivity index (χ0v) is 15.6. The molecule has 0 bridgehead atoms. The standard InChI is InChI=1S/C21H28N2O3/c1-15-9-18-19(26-14-25-18)10-17(15)12-22-8-6-21(13-22)5-2-7-23(20(21)24)11-16-3-4-16/h9-10,16H,2-8,11-14H2,1H3. The molecule has 1 spiro atoms. The van der Waals surface area contributed by atoms with Crippen molar-refractivity contribution in [3.05, 3.63) is 23.3 Å². The molecule has 140 valence electrons. The number of nitrogens with zero attached hydrogens (tertiary/aromatic N) is 2. The van der Waals surface area contributed by atoms with Gasteiger partial charge in [0.2, 0.25) is 12.7 Å². The van der Waals surface area contributed by atoms with Gasteiger partial charge in [-0.3, -0.25) is 9.69 Å². The van der Waals surface area contributed by atoms with Crippen molar-refractivity contribution in [2.75, 3.05) is 33.0 Å². The summed E-state index contributed by atoms with van der Waals surface area (Å²) in [6.45, 7) is 7.22. The maximum Gasteiger partial charge on any atom is 0.231 e. The van der Waals surface area contributed by atoms with E-state index in [4.69, 9.17) is 9.47 Å². The number of hydrogen-bond donors (Lipinski definition) is 0. The van der Waals surface area contributed by atoms with Crippen LogP contribution in [0, 0.1) is 18.3 Å². The Labute approximate surface area is 155 Å². The maximum absolute atomic E-state index is 13.2. The summed E-state index contributed by atoms with van der Waals surface area (Å²) in [5.41, 5.74) is 2.39. The van der Waals surface area contributed by atoms with Gasteiger partial charge in [-0.05, 0) is 74.8 Å². The second-order valence-electron chi connectivity index (χ2n) is 8.67. The van der Waals surface area contributed by atoms with E-state index in [1.54, 1.807) is 0 Å². The monoisotopic (exact) mass is 356 g/mol. The number of amides is 1. The molecule has 0 radical (unpaired) electrons. The fourth-order valence-electron chi connectivity index (χ4n) is 4.91. The highest BCUT2D eigenvalue weighted by atomic mass is 16.7. The van der Waals surface area contributed by atoms with Gasteiger partial charge in [0.1, 0.15) is 0 Å². The lowest BCUT2D eigenvalue weighted by molar-refractivity contribution is -0.145. The predicted molar refractivity (Wildman–Crippen MR) is 98.2 cm³/mol. The second kappa shape index (κ2) is 6.15. The molecule has 0 aromatic heterocycles. The normalized spacial score (nSPS) is 28.3. The lowest BCUT2D eigenvalue weighted by Gasteiger charge is -2.39. The summed E-state index contributed by atoms with van der Waals surface area (Å²) in [5, 5.41) is 0. The van der Waals surface area contributed by atoms with Gasteiger partial charge < -0.3 is 14.4 Å². The van der Waals surface area contributed by atoms with E-state index in [1.165, 1.54) is 24.0 Å². The Hall–Kier alpha value is -1.75. The molecule has 3 heterocycles. The fraction of sp³-hybridized carbons (Fsp3) is 0.667. The summed E-state index contributed by atoms with van der Waals surface area (Å²) >= 11 is 0. The molecule has 4 aliphatic rings. The van der Waals surface area contributed by atoms with Gasteiger partial charge in [0, 0.05) is 26.2 Å². The Kier molecular flexibility index (Phi) is 3.89. The summed E-state index contributed by atoms with van der Waals surface area (Å²) in [4.78, 5) is 17.8. The van der Waals surface area contributed by atoms with Gasteiger partial charge in [-0.25, -0.2) is 0 Å². The number of carbonyl (C=O) groups is 1. The Balaban J connectivity index is 1.29. The molecule has 1 aliphatic carbocycles. The van der Waals surface area contributed by atoms with E-state index in [1.807, 2.05) is 0 Å². The Morgan fingerprint density at radius 3 is 2.77 bits per heavy atom. The van der Waals surface area contributed by atoms with Crippen molar-refractivity contribution in [3.63, 3.8) is 0 Å². The Bertz CT molecular complexity index is 730. The number of piperidine rings is 1. The van der Waals surface area contributed by atoms with E-state index < -0.39 is 0 Å². The zero-order chi connectivity index (χ0) is 17.7. The van der Waals surface area contributed by atoms with Gasteiger partial charge in [-0.15, -0.1) is 0 Å². The molecule has 1 amide bonds. The van der Waals surface area contributed by atoms with Crippen LogP contribution >= 0.6 is 0 Å². The summed E-state index contributed by atoms with van der Waals surface area (Å²) in [5.74, 6) is 2.91. The van der Waals surface area contributed by atoms with Gasteiger partial charge >= 0.3 is 0 Å². The molecule has 5 heteroatoms. The minimum Gasteiger partial charge on any atom is -0.454 e. The number of ether oxygens (including phenoxy) is 2. The Morgan fingerprint density at radius 1 is 1.15 bits per heavy atom. The van der Waals surface area contributed by atoms with E-state index in [0.29, 0.717) is 12.7 Å². The van der Waals surface area contributed by atoms with Gasteiger partial charge in [0.15, 0.2) is 11.5 Å². The molecule has 5 rings (SSSR count). The SMILES string of the molecule is Cc1cc2c(cc1CN1CCC3(CCCN(CC4CC4)C3=O)C1)OCO2. The van der Waals surface area contributed by atoms with Crippen LogP contribution in [-0.2, 0) is 11.3 Å². The number of likely N-dealkylation sites (tertiary alicyclic amines) is 2. The molecule has 1 aromatic carbocycles. The Morgan fingerprint density at radius 2 is 1.96 bits per heavy atom. The molecule has 1 saturated carbocycles. The van der Waals surface area contributed by atoms with Crippen LogP contribution in [0.3, 0.4) is 0 Å². The smallest absolute Gasteiger partial charge is 0.231 e. The molecular weight excluding hydrogens is 328 g/mol. The van der Waals surface area contributed by atoms with Crippen molar-refractivity contribution in [3.8, 4) is 11.5 Å². The molecule has 1 unspecified atom stereocenters. The number of aryl methyl sites for hydroxylation is 1. The quantitative estimate of drug-likeness (QED) is 0.832. The lowest BCUT2D eigenvalue weighted by atomic mass is 9.78. The highest BCUT2D eigenvalue weighted by molar-refractivity contribution is 5.84. The fourth-order valence-corrected chi connectivity index (χ4v) is 4.91. The van der Waals surface area contributed by atoms with E-state index in [2.05, 4.69) is 28.9 Å². The third-order valence-electron chi connectivity index (χ3n) is 6.66. The number of benzene rings is 1. The average Bonchev–Trinajstić information content (AvgIpc) is 3.17. The van der Waals surface area contributed by atoms with Crippen LogP contribution < -0.4 is 9.47 Å². The topological polar surface area (TPSA) is 42.0 Å². The lowest BCUT2D eigenvalue weighted by Crippen LogP contribution is -2.50. The van der Waals surface area contributed by atoms with Gasteiger partial charge in [-0.1, -0.05) is 0 Å². The first-order chi connectivity index (χ1) is 12.6. The van der Waals surface area contributed by atoms with Crippen LogP contribution in [0.4, 0.5) is 0 Å². The third-order valence-corrected chi connectivity index (χ3v) is 6.66. The summed E-state index contributed by atoms with van der Waals surface area (Å²) in [7, 11) is 0. The van der Waals surface area contributed by atoms with Crippen LogP contribution in [-0.4, -0.2) is 48.7 Å². The van der Waals surface area contributed by atoms with Gasteiger partial charge in [0.25, 0.3) is 0 Å². The number of fused-ring (bicyclic) bond motifs is 1. The second-order valence-corrected chi connectivity index (χ2v) is 8.67. The van der Waals surface area contributed by atoms with Crippen LogP contribution in [0.15, 0.2) is 12.1 Å². The summed E-state index contributed by atoms with van der Waals surface area (Å²) in [6.07, 6.45) is 5.86. The summed E-state index contributed by atoms with van der Waals surface area (Å²) in [6, 6.07) is 4.19.